The van der Waals surface area contributed by atoms with Crippen LogP contribution in [0.25, 0.3) is 0 Å². The Morgan fingerprint density at radius 1 is 1.05 bits per heavy atom. The molecular formula is C16H18O2P2. The first-order valence-electron chi connectivity index (χ1n) is 6.48. The number of hydrogen-bond acceptors (Lipinski definition) is 2. The SMILES string of the molecule is CCOC(=O)C=P(P)(c1ccccc1)c1ccccc1. The van der Waals surface area contributed by atoms with E-state index in [9.17, 15) is 4.79 Å². The molecule has 2 aromatic rings. The molecule has 0 saturated heterocycles. The van der Waals surface area contributed by atoms with E-state index in [-0.39, 0.29) is 5.97 Å². The minimum absolute atomic E-state index is 0.261. The van der Waals surface area contributed by atoms with Gasteiger partial charge in [-0.05, 0) is 24.1 Å². The zero-order valence-electron chi connectivity index (χ0n) is 11.4. The molecule has 0 aliphatic heterocycles. The second kappa shape index (κ2) is 6.88. The van der Waals surface area contributed by atoms with Crippen molar-refractivity contribution in [3.8, 4) is 0 Å². The highest BCUT2D eigenvalue weighted by Gasteiger charge is 2.18. The second-order valence-electron chi connectivity index (χ2n) is 4.33. The van der Waals surface area contributed by atoms with Gasteiger partial charge in [0.15, 0.2) is 0 Å². The standard InChI is InChI=1S/C16H18O2P2/c1-2-18-16(17)13-20(19,14-9-5-3-6-10-14)15-11-7-4-8-12-15/h3-13H,2,19H2,1H3. The summed E-state index contributed by atoms with van der Waals surface area (Å²) in [4.78, 5) is 11.9. The number of hydrogen-bond donors (Lipinski definition) is 0. The first-order chi connectivity index (χ1) is 9.66. The fraction of sp³-hybridized carbons (Fsp3) is 0.125. The zero-order valence-corrected chi connectivity index (χ0v) is 13.4. The minimum Gasteiger partial charge on any atom is -0.463 e. The van der Waals surface area contributed by atoms with Crippen LogP contribution in [0, 0.1) is 0 Å². The monoisotopic (exact) mass is 304 g/mol. The van der Waals surface area contributed by atoms with Gasteiger partial charge in [0.1, 0.15) is 0 Å². The molecule has 1 unspecified atom stereocenters. The van der Waals surface area contributed by atoms with E-state index < -0.39 is 6.57 Å². The molecule has 2 aromatic carbocycles. The van der Waals surface area contributed by atoms with Crippen molar-refractivity contribution in [2.24, 2.45) is 0 Å². The first kappa shape index (κ1) is 15.0. The predicted molar refractivity (Wildman–Crippen MR) is 91.5 cm³/mol. The molecule has 20 heavy (non-hydrogen) atoms. The van der Waals surface area contributed by atoms with E-state index in [2.05, 4.69) is 33.2 Å². The molecule has 0 aromatic heterocycles. The van der Waals surface area contributed by atoms with Crippen LogP contribution in [0.5, 0.6) is 0 Å². The molecule has 0 amide bonds. The summed E-state index contributed by atoms with van der Waals surface area (Å²) in [6.45, 7) is 0.269. The van der Waals surface area contributed by atoms with E-state index in [1.54, 1.807) is 5.80 Å². The van der Waals surface area contributed by atoms with Gasteiger partial charge in [0.25, 0.3) is 0 Å². The van der Waals surface area contributed by atoms with Crippen molar-refractivity contribution in [1.82, 2.24) is 0 Å². The summed E-state index contributed by atoms with van der Waals surface area (Å²) >= 11 is 0. The van der Waals surface area contributed by atoms with Gasteiger partial charge in [0.2, 0.25) is 0 Å². The topological polar surface area (TPSA) is 26.3 Å². The molecule has 1 atom stereocenters. The first-order valence-corrected chi connectivity index (χ1v) is 9.95. The highest BCUT2D eigenvalue weighted by atomic mass is 32.0. The van der Waals surface area contributed by atoms with Gasteiger partial charge < -0.3 is 4.74 Å². The molecular weight excluding hydrogens is 286 g/mol. The number of ether oxygens (including phenoxy) is 1. The van der Waals surface area contributed by atoms with E-state index >= 15 is 0 Å². The Labute approximate surface area is 122 Å². The summed E-state index contributed by atoms with van der Waals surface area (Å²) in [7, 11) is 2.89. The third-order valence-corrected chi connectivity index (χ3v) is 8.12. The summed E-state index contributed by atoms with van der Waals surface area (Å²) in [6, 6.07) is 20.2. The number of carbonyl (C=O) groups is 1. The van der Waals surface area contributed by atoms with Crippen molar-refractivity contribution in [3.05, 3.63) is 60.7 Å². The Kier molecular flexibility index (Phi) is 5.17. The number of esters is 1. The maximum atomic E-state index is 11.9. The predicted octanol–water partition coefficient (Wildman–Crippen LogP) is 2.81. The van der Waals surface area contributed by atoms with Crippen LogP contribution in [-0.4, -0.2) is 18.4 Å². The molecule has 104 valence electrons. The van der Waals surface area contributed by atoms with E-state index in [0.717, 1.165) is 10.6 Å². The van der Waals surface area contributed by atoms with E-state index in [0.29, 0.717) is 6.61 Å². The summed E-state index contributed by atoms with van der Waals surface area (Å²) in [5.41, 5.74) is 0. The molecule has 2 nitrogen and oxygen atoms in total. The molecule has 0 N–H and O–H groups in total. The van der Waals surface area contributed by atoms with Crippen molar-refractivity contribution in [2.75, 3.05) is 6.61 Å². The molecule has 0 aliphatic carbocycles. The summed E-state index contributed by atoms with van der Waals surface area (Å²) in [5, 5.41) is 2.29. The Morgan fingerprint density at radius 2 is 1.50 bits per heavy atom. The van der Waals surface area contributed by atoms with Crippen LogP contribution in [0.1, 0.15) is 6.92 Å². The molecule has 0 fully saturated rings. The maximum Gasteiger partial charge on any atom is 0.331 e. The second-order valence-corrected chi connectivity index (χ2v) is 9.62. The highest BCUT2D eigenvalue weighted by Crippen LogP contribution is 2.52. The largest absolute Gasteiger partial charge is 0.463 e. The van der Waals surface area contributed by atoms with Gasteiger partial charge in [0, 0.05) is 5.80 Å². The summed E-state index contributed by atoms with van der Waals surface area (Å²) < 4.78 is 5.10. The van der Waals surface area contributed by atoms with Crippen molar-refractivity contribution in [2.45, 2.75) is 6.92 Å². The van der Waals surface area contributed by atoms with Crippen molar-refractivity contribution in [3.63, 3.8) is 0 Å². The van der Waals surface area contributed by atoms with Crippen LogP contribution in [0.15, 0.2) is 60.7 Å². The average molecular weight is 304 g/mol. The normalized spacial score (nSPS) is 10.9. The lowest BCUT2D eigenvalue weighted by Gasteiger charge is -2.22. The number of carbonyl (C=O) groups excluding carboxylic acids is 1. The Bertz CT molecular complexity index is 578. The van der Waals surface area contributed by atoms with Crippen molar-refractivity contribution < 1.29 is 9.53 Å². The van der Waals surface area contributed by atoms with Crippen LogP contribution in [-0.2, 0) is 9.53 Å². The Morgan fingerprint density at radius 3 is 1.90 bits per heavy atom. The van der Waals surface area contributed by atoms with Gasteiger partial charge >= 0.3 is 5.97 Å². The van der Waals surface area contributed by atoms with E-state index in [1.165, 1.54) is 0 Å². The lowest BCUT2D eigenvalue weighted by molar-refractivity contribution is -0.134. The third kappa shape index (κ3) is 3.39. The van der Waals surface area contributed by atoms with Crippen molar-refractivity contribution in [1.29, 1.82) is 0 Å². The molecule has 0 radical (unpaired) electrons. The van der Waals surface area contributed by atoms with Crippen LogP contribution in [0.4, 0.5) is 0 Å². The van der Waals surface area contributed by atoms with Crippen LogP contribution >= 0.6 is 15.5 Å². The molecule has 0 heterocycles. The van der Waals surface area contributed by atoms with Gasteiger partial charge in [-0.2, -0.15) is 0 Å². The fourth-order valence-corrected chi connectivity index (χ4v) is 5.73. The van der Waals surface area contributed by atoms with E-state index in [4.69, 9.17) is 4.74 Å². The van der Waals surface area contributed by atoms with Gasteiger partial charge in [-0.25, -0.2) is 4.79 Å². The zero-order chi connectivity index (χ0) is 14.4. The fourth-order valence-electron chi connectivity index (χ4n) is 1.99. The molecule has 0 spiro atoms. The van der Waals surface area contributed by atoms with E-state index in [1.807, 2.05) is 43.3 Å². The van der Waals surface area contributed by atoms with Gasteiger partial charge in [0.05, 0.1) is 6.61 Å². The van der Waals surface area contributed by atoms with Gasteiger partial charge in [-0.3, -0.25) is 0 Å². The third-order valence-electron chi connectivity index (χ3n) is 2.96. The Balaban J connectivity index is 2.58. The lowest BCUT2D eigenvalue weighted by atomic mass is 10.4. The number of rotatable bonds is 4. The quantitative estimate of drug-likeness (QED) is 0.641. The van der Waals surface area contributed by atoms with Gasteiger partial charge in [-0.1, -0.05) is 60.7 Å². The molecule has 0 saturated carbocycles. The van der Waals surface area contributed by atoms with Crippen molar-refractivity contribution >= 4 is 37.9 Å². The smallest absolute Gasteiger partial charge is 0.331 e. The van der Waals surface area contributed by atoms with Crippen LogP contribution in [0.2, 0.25) is 0 Å². The van der Waals surface area contributed by atoms with Crippen LogP contribution < -0.4 is 10.6 Å². The molecule has 4 heteroatoms. The summed E-state index contributed by atoms with van der Waals surface area (Å²) in [6.07, 6.45) is 0. The lowest BCUT2D eigenvalue weighted by Crippen LogP contribution is -2.17. The number of benzene rings is 2. The molecule has 0 aliphatic rings. The minimum atomic E-state index is -1.94. The maximum absolute atomic E-state index is 11.9. The molecule has 0 bridgehead atoms. The highest BCUT2D eigenvalue weighted by molar-refractivity contribution is 8.31. The average Bonchev–Trinajstić information content (AvgIpc) is 2.49. The van der Waals surface area contributed by atoms with Gasteiger partial charge in [-0.15, -0.1) is 8.93 Å². The molecule has 2 rings (SSSR count). The Hall–Kier alpha value is -1.36. The van der Waals surface area contributed by atoms with Crippen LogP contribution in [0.3, 0.4) is 0 Å². The summed E-state index contributed by atoms with van der Waals surface area (Å²) in [5.74, 6) is 1.47.